The van der Waals surface area contributed by atoms with Crippen LogP contribution in [0.4, 0.5) is 5.69 Å². The molecule has 2 nitrogen and oxygen atoms in total. The first-order chi connectivity index (χ1) is 8.58. The molecule has 0 saturated heterocycles. The zero-order valence-electron chi connectivity index (χ0n) is 9.91. The van der Waals surface area contributed by atoms with Crippen LogP contribution in [-0.2, 0) is 0 Å². The third-order valence-electron chi connectivity index (χ3n) is 2.56. The van der Waals surface area contributed by atoms with Crippen molar-refractivity contribution < 1.29 is 0 Å². The summed E-state index contributed by atoms with van der Waals surface area (Å²) in [6.45, 7) is 2.65. The predicted molar refractivity (Wildman–Crippen MR) is 86.3 cm³/mol. The van der Waals surface area contributed by atoms with Crippen LogP contribution in [0.25, 0.3) is 0 Å². The number of rotatable bonds is 4. The Morgan fingerprint density at radius 1 is 1.28 bits per heavy atom. The molecule has 0 aliphatic rings. The normalized spacial score (nSPS) is 12.4. The minimum atomic E-state index is 0.148. The Bertz CT molecular complexity index is 519. The molecule has 0 aliphatic carbocycles. The highest BCUT2D eigenvalue weighted by Crippen LogP contribution is 2.30. The predicted octanol–water partition coefficient (Wildman–Crippen LogP) is 4.69. The molecule has 5 heteroatoms. The zero-order valence-corrected chi connectivity index (χ0v) is 13.9. The molecule has 0 fully saturated rings. The monoisotopic (exact) mass is 388 g/mol. The van der Waals surface area contributed by atoms with E-state index in [1.54, 1.807) is 11.3 Å². The molecule has 2 aromatic rings. The molecular weight excluding hydrogens is 376 g/mol. The quantitative estimate of drug-likeness (QED) is 0.795. The van der Waals surface area contributed by atoms with Crippen LogP contribution in [0.15, 0.2) is 38.6 Å². The minimum absolute atomic E-state index is 0.148. The zero-order chi connectivity index (χ0) is 13.1. The van der Waals surface area contributed by atoms with Gasteiger partial charge in [-0.15, -0.1) is 11.3 Å². The number of benzene rings is 1. The molecule has 1 aromatic heterocycles. The molecule has 18 heavy (non-hydrogen) atoms. The van der Waals surface area contributed by atoms with Crippen molar-refractivity contribution in [3.8, 4) is 0 Å². The van der Waals surface area contributed by atoms with E-state index in [2.05, 4.69) is 74.4 Å². The van der Waals surface area contributed by atoms with Gasteiger partial charge in [0.2, 0.25) is 0 Å². The number of hydrogen-bond acceptors (Lipinski definition) is 3. The number of thiophene rings is 1. The van der Waals surface area contributed by atoms with Crippen molar-refractivity contribution in [1.82, 2.24) is 0 Å². The lowest BCUT2D eigenvalue weighted by molar-refractivity contribution is 0.805. The van der Waals surface area contributed by atoms with Gasteiger partial charge in [0, 0.05) is 21.6 Å². The van der Waals surface area contributed by atoms with Gasteiger partial charge in [-0.3, -0.25) is 0 Å². The number of halogens is 2. The summed E-state index contributed by atoms with van der Waals surface area (Å²) in [5.41, 5.74) is 8.16. The molecule has 1 unspecified atom stereocenters. The lowest BCUT2D eigenvalue weighted by Crippen LogP contribution is -2.19. The number of nitrogens with one attached hydrogen (secondary N) is 1. The SMILES string of the molecule is Cc1cc(Br)cc(NC(CN)c2ccc(Br)s2)c1. The third-order valence-corrected chi connectivity index (χ3v) is 4.75. The Kier molecular flexibility index (Phi) is 4.84. The maximum absolute atomic E-state index is 5.86. The fraction of sp³-hybridized carbons (Fsp3) is 0.231. The second kappa shape index (κ2) is 6.19. The minimum Gasteiger partial charge on any atom is -0.376 e. The Hall–Kier alpha value is -0.360. The highest BCUT2D eigenvalue weighted by atomic mass is 79.9. The standard InChI is InChI=1S/C13H14Br2N2S/c1-8-4-9(14)6-10(5-8)17-11(7-16)12-2-3-13(15)18-12/h2-6,11,17H,7,16H2,1H3. The summed E-state index contributed by atoms with van der Waals surface area (Å²) < 4.78 is 2.20. The molecular formula is C13H14Br2N2S. The Labute approximate surface area is 128 Å². The summed E-state index contributed by atoms with van der Waals surface area (Å²) in [4.78, 5) is 1.24. The molecule has 0 saturated carbocycles. The molecule has 0 spiro atoms. The highest BCUT2D eigenvalue weighted by molar-refractivity contribution is 9.11. The van der Waals surface area contributed by atoms with Crippen molar-refractivity contribution in [3.63, 3.8) is 0 Å². The maximum Gasteiger partial charge on any atom is 0.0729 e. The average Bonchev–Trinajstić information content (AvgIpc) is 2.71. The fourth-order valence-corrected chi connectivity index (χ4v) is 3.88. The van der Waals surface area contributed by atoms with E-state index >= 15 is 0 Å². The van der Waals surface area contributed by atoms with Gasteiger partial charge in [0.25, 0.3) is 0 Å². The largest absolute Gasteiger partial charge is 0.376 e. The summed E-state index contributed by atoms with van der Waals surface area (Å²) in [7, 11) is 0. The van der Waals surface area contributed by atoms with Crippen LogP contribution < -0.4 is 11.1 Å². The van der Waals surface area contributed by atoms with Gasteiger partial charge in [-0.25, -0.2) is 0 Å². The molecule has 0 radical (unpaired) electrons. The van der Waals surface area contributed by atoms with Crippen molar-refractivity contribution in [2.75, 3.05) is 11.9 Å². The van der Waals surface area contributed by atoms with Gasteiger partial charge in [0.1, 0.15) is 0 Å². The third kappa shape index (κ3) is 3.57. The molecule has 0 bridgehead atoms. The number of aryl methyl sites for hydroxylation is 1. The highest BCUT2D eigenvalue weighted by Gasteiger charge is 2.12. The second-order valence-corrected chi connectivity index (χ2v) is 7.50. The van der Waals surface area contributed by atoms with E-state index in [-0.39, 0.29) is 6.04 Å². The maximum atomic E-state index is 5.86. The lowest BCUT2D eigenvalue weighted by Gasteiger charge is -2.17. The first-order valence-corrected chi connectivity index (χ1v) is 7.98. The van der Waals surface area contributed by atoms with Crippen molar-refractivity contribution in [1.29, 1.82) is 0 Å². The van der Waals surface area contributed by atoms with Crippen LogP contribution in [0, 0.1) is 6.92 Å². The van der Waals surface area contributed by atoms with Gasteiger partial charge < -0.3 is 11.1 Å². The van der Waals surface area contributed by atoms with E-state index in [1.165, 1.54) is 10.4 Å². The van der Waals surface area contributed by atoms with Crippen molar-refractivity contribution in [2.45, 2.75) is 13.0 Å². The topological polar surface area (TPSA) is 38.0 Å². The van der Waals surface area contributed by atoms with Gasteiger partial charge in [-0.2, -0.15) is 0 Å². The van der Waals surface area contributed by atoms with Gasteiger partial charge in [0.05, 0.1) is 9.83 Å². The molecule has 3 N–H and O–H groups in total. The average molecular weight is 390 g/mol. The van der Waals surface area contributed by atoms with Crippen LogP contribution >= 0.6 is 43.2 Å². The van der Waals surface area contributed by atoms with E-state index < -0.39 is 0 Å². The lowest BCUT2D eigenvalue weighted by atomic mass is 10.2. The summed E-state index contributed by atoms with van der Waals surface area (Å²) in [6.07, 6.45) is 0. The van der Waals surface area contributed by atoms with Crippen LogP contribution in [-0.4, -0.2) is 6.54 Å². The number of anilines is 1. The van der Waals surface area contributed by atoms with Crippen LogP contribution in [0.1, 0.15) is 16.5 Å². The molecule has 1 atom stereocenters. The number of hydrogen-bond donors (Lipinski definition) is 2. The summed E-state index contributed by atoms with van der Waals surface area (Å²) >= 11 is 8.70. The summed E-state index contributed by atoms with van der Waals surface area (Å²) in [6, 6.07) is 10.6. The van der Waals surface area contributed by atoms with Crippen molar-refractivity contribution >= 4 is 48.9 Å². The number of nitrogens with two attached hydrogens (primary N) is 1. The first-order valence-electron chi connectivity index (χ1n) is 5.57. The van der Waals surface area contributed by atoms with Gasteiger partial charge in [0.15, 0.2) is 0 Å². The van der Waals surface area contributed by atoms with Gasteiger partial charge in [-0.1, -0.05) is 15.9 Å². The Morgan fingerprint density at radius 2 is 2.06 bits per heavy atom. The molecule has 96 valence electrons. The molecule has 0 amide bonds. The Morgan fingerprint density at radius 3 is 2.61 bits per heavy atom. The molecule has 1 aromatic carbocycles. The van der Waals surface area contributed by atoms with E-state index in [1.807, 2.05) is 0 Å². The molecule has 0 aliphatic heterocycles. The van der Waals surface area contributed by atoms with Crippen LogP contribution in [0.3, 0.4) is 0 Å². The van der Waals surface area contributed by atoms with E-state index in [0.29, 0.717) is 6.54 Å². The van der Waals surface area contributed by atoms with Gasteiger partial charge in [-0.05, 0) is 58.7 Å². The van der Waals surface area contributed by atoms with E-state index in [4.69, 9.17) is 5.73 Å². The second-order valence-electron chi connectivity index (χ2n) is 4.09. The van der Waals surface area contributed by atoms with E-state index in [0.717, 1.165) is 13.9 Å². The van der Waals surface area contributed by atoms with Crippen LogP contribution in [0.5, 0.6) is 0 Å². The van der Waals surface area contributed by atoms with Crippen molar-refractivity contribution in [2.24, 2.45) is 5.73 Å². The Balaban J connectivity index is 2.20. The summed E-state index contributed by atoms with van der Waals surface area (Å²) in [5.74, 6) is 0. The summed E-state index contributed by atoms with van der Waals surface area (Å²) in [5, 5.41) is 3.47. The molecule has 2 rings (SSSR count). The first kappa shape index (κ1) is 14.1. The molecule has 1 heterocycles. The van der Waals surface area contributed by atoms with E-state index in [9.17, 15) is 0 Å². The smallest absolute Gasteiger partial charge is 0.0729 e. The fourth-order valence-electron chi connectivity index (χ4n) is 1.78. The van der Waals surface area contributed by atoms with Crippen molar-refractivity contribution in [3.05, 3.63) is 49.0 Å². The van der Waals surface area contributed by atoms with Crippen LogP contribution in [0.2, 0.25) is 0 Å². The van der Waals surface area contributed by atoms with Gasteiger partial charge >= 0.3 is 0 Å².